The van der Waals surface area contributed by atoms with Gasteiger partial charge in [-0.2, -0.15) is 0 Å². The van der Waals surface area contributed by atoms with Crippen LogP contribution in [0.1, 0.15) is 30.6 Å². The third kappa shape index (κ3) is 5.14. The molecular formula is C15H22ClFN2O4S. The number of hydrogen-bond donors (Lipinski definition) is 2. The van der Waals surface area contributed by atoms with Crippen LogP contribution in [0.25, 0.3) is 0 Å². The number of piperidine rings is 1. The quantitative estimate of drug-likeness (QED) is 0.759. The minimum atomic E-state index is -3.91. The molecule has 0 aliphatic carbocycles. The van der Waals surface area contributed by atoms with E-state index in [4.69, 9.17) is 4.74 Å². The topological polar surface area (TPSA) is 84.5 Å². The Morgan fingerprint density at radius 1 is 1.42 bits per heavy atom. The van der Waals surface area contributed by atoms with Crippen molar-refractivity contribution in [1.82, 2.24) is 10.0 Å². The average Bonchev–Trinajstić information content (AvgIpc) is 2.49. The summed E-state index contributed by atoms with van der Waals surface area (Å²) in [5.74, 6) is -1.43. The summed E-state index contributed by atoms with van der Waals surface area (Å²) in [7, 11) is -3.91. The first-order valence-corrected chi connectivity index (χ1v) is 9.02. The largest absolute Gasteiger partial charge is 0.462 e. The fourth-order valence-corrected chi connectivity index (χ4v) is 3.94. The van der Waals surface area contributed by atoms with E-state index in [1.807, 2.05) is 6.92 Å². The Balaban J connectivity index is 0.00000288. The van der Waals surface area contributed by atoms with Crippen LogP contribution in [0.2, 0.25) is 0 Å². The van der Waals surface area contributed by atoms with Gasteiger partial charge < -0.3 is 10.1 Å². The van der Waals surface area contributed by atoms with Crippen LogP contribution in [0, 0.1) is 11.7 Å². The molecule has 136 valence electrons. The number of halogens is 2. The van der Waals surface area contributed by atoms with Crippen molar-refractivity contribution < 1.29 is 22.3 Å². The Kier molecular flexibility index (Phi) is 7.59. The lowest BCUT2D eigenvalue weighted by Crippen LogP contribution is -2.48. The fourth-order valence-electron chi connectivity index (χ4n) is 2.51. The third-order valence-electron chi connectivity index (χ3n) is 3.78. The third-order valence-corrected chi connectivity index (χ3v) is 5.25. The summed E-state index contributed by atoms with van der Waals surface area (Å²) in [6, 6.07) is 2.77. The molecule has 1 aromatic carbocycles. The first-order valence-electron chi connectivity index (χ1n) is 7.54. The molecule has 0 bridgehead atoms. The zero-order chi connectivity index (χ0) is 17.0. The van der Waals surface area contributed by atoms with Crippen molar-refractivity contribution in [3.63, 3.8) is 0 Å². The summed E-state index contributed by atoms with van der Waals surface area (Å²) >= 11 is 0. The van der Waals surface area contributed by atoms with E-state index < -0.39 is 21.8 Å². The van der Waals surface area contributed by atoms with Gasteiger partial charge >= 0.3 is 5.97 Å². The standard InChI is InChI=1S/C15H21FN2O4S.ClH/c1-3-22-15(19)11-6-12(16)8-13(7-11)23(20,21)18-14-4-5-17-9-10(14)2;/h6-8,10,14,17-18H,3-5,9H2,1-2H3;1H. The highest BCUT2D eigenvalue weighted by Gasteiger charge is 2.27. The second kappa shape index (κ2) is 8.75. The van der Waals surface area contributed by atoms with E-state index in [9.17, 15) is 17.6 Å². The number of carbonyl (C=O) groups is 1. The molecule has 1 fully saturated rings. The van der Waals surface area contributed by atoms with Gasteiger partial charge in [0, 0.05) is 6.04 Å². The number of benzene rings is 1. The van der Waals surface area contributed by atoms with Crippen LogP contribution in [-0.4, -0.2) is 40.1 Å². The summed E-state index contributed by atoms with van der Waals surface area (Å²) < 4.78 is 46.1. The SMILES string of the molecule is CCOC(=O)c1cc(F)cc(S(=O)(=O)NC2CCNCC2C)c1.Cl. The van der Waals surface area contributed by atoms with Gasteiger partial charge in [-0.1, -0.05) is 6.92 Å². The van der Waals surface area contributed by atoms with E-state index in [2.05, 4.69) is 10.0 Å². The number of sulfonamides is 1. The molecule has 0 radical (unpaired) electrons. The molecule has 9 heteroatoms. The van der Waals surface area contributed by atoms with Crippen molar-refractivity contribution in [3.8, 4) is 0 Å². The predicted octanol–water partition coefficient (Wildman–Crippen LogP) is 1.70. The van der Waals surface area contributed by atoms with Crippen molar-refractivity contribution in [2.75, 3.05) is 19.7 Å². The summed E-state index contributed by atoms with van der Waals surface area (Å²) in [4.78, 5) is 11.4. The van der Waals surface area contributed by atoms with Crippen LogP contribution in [0.4, 0.5) is 4.39 Å². The molecule has 2 atom stereocenters. The molecular weight excluding hydrogens is 359 g/mol. The molecule has 24 heavy (non-hydrogen) atoms. The van der Waals surface area contributed by atoms with Gasteiger partial charge in [0.2, 0.25) is 10.0 Å². The van der Waals surface area contributed by atoms with Crippen LogP contribution < -0.4 is 10.0 Å². The predicted molar refractivity (Wildman–Crippen MR) is 90.4 cm³/mol. The molecule has 0 spiro atoms. The van der Waals surface area contributed by atoms with Gasteiger partial charge in [-0.3, -0.25) is 0 Å². The first kappa shape index (κ1) is 20.8. The van der Waals surface area contributed by atoms with Gasteiger partial charge in [0.15, 0.2) is 0 Å². The van der Waals surface area contributed by atoms with Gasteiger partial charge in [-0.15, -0.1) is 12.4 Å². The van der Waals surface area contributed by atoms with E-state index >= 15 is 0 Å². The smallest absolute Gasteiger partial charge is 0.338 e. The van der Waals surface area contributed by atoms with Crippen LogP contribution in [0.5, 0.6) is 0 Å². The minimum absolute atomic E-state index is 0. The lowest BCUT2D eigenvalue weighted by Gasteiger charge is -2.30. The number of hydrogen-bond acceptors (Lipinski definition) is 5. The molecule has 0 aromatic heterocycles. The highest BCUT2D eigenvalue weighted by Crippen LogP contribution is 2.18. The molecule has 1 heterocycles. The number of nitrogens with one attached hydrogen (secondary N) is 2. The fraction of sp³-hybridized carbons (Fsp3) is 0.533. The van der Waals surface area contributed by atoms with E-state index in [0.717, 1.165) is 24.7 Å². The molecule has 2 unspecified atom stereocenters. The van der Waals surface area contributed by atoms with Crippen molar-refractivity contribution in [2.24, 2.45) is 5.92 Å². The van der Waals surface area contributed by atoms with Gasteiger partial charge in [-0.05, 0) is 50.6 Å². The van der Waals surface area contributed by atoms with Crippen molar-refractivity contribution in [1.29, 1.82) is 0 Å². The molecule has 1 aliphatic rings. The van der Waals surface area contributed by atoms with E-state index in [1.165, 1.54) is 0 Å². The van der Waals surface area contributed by atoms with Gasteiger partial charge in [-0.25, -0.2) is 22.3 Å². The Bertz CT molecular complexity index is 684. The van der Waals surface area contributed by atoms with Crippen LogP contribution in [0.3, 0.4) is 0 Å². The van der Waals surface area contributed by atoms with Gasteiger partial charge in [0.05, 0.1) is 17.1 Å². The maximum atomic E-state index is 13.7. The number of carbonyl (C=O) groups excluding carboxylic acids is 1. The molecule has 0 saturated carbocycles. The molecule has 1 saturated heterocycles. The summed E-state index contributed by atoms with van der Waals surface area (Å²) in [5, 5.41) is 3.18. The van der Waals surface area contributed by atoms with E-state index in [0.29, 0.717) is 13.0 Å². The van der Waals surface area contributed by atoms with Crippen LogP contribution in [-0.2, 0) is 14.8 Å². The second-order valence-electron chi connectivity index (χ2n) is 5.59. The molecule has 1 aromatic rings. The molecule has 0 amide bonds. The highest BCUT2D eigenvalue weighted by atomic mass is 35.5. The molecule has 2 N–H and O–H groups in total. The van der Waals surface area contributed by atoms with Crippen molar-refractivity contribution in [3.05, 3.63) is 29.6 Å². The number of rotatable bonds is 5. The zero-order valence-electron chi connectivity index (χ0n) is 13.5. The Morgan fingerprint density at radius 3 is 2.75 bits per heavy atom. The number of esters is 1. The molecule has 1 aliphatic heterocycles. The lowest BCUT2D eigenvalue weighted by atomic mass is 9.97. The maximum Gasteiger partial charge on any atom is 0.338 e. The lowest BCUT2D eigenvalue weighted by molar-refractivity contribution is 0.0525. The second-order valence-corrected chi connectivity index (χ2v) is 7.31. The summed E-state index contributed by atoms with van der Waals surface area (Å²) in [5.41, 5.74) is -0.120. The van der Waals surface area contributed by atoms with Gasteiger partial charge in [0.1, 0.15) is 5.82 Å². The Labute approximate surface area is 147 Å². The Hall–Kier alpha value is -1.22. The van der Waals surface area contributed by atoms with Crippen LogP contribution >= 0.6 is 12.4 Å². The van der Waals surface area contributed by atoms with Crippen molar-refractivity contribution >= 4 is 28.4 Å². The van der Waals surface area contributed by atoms with Crippen molar-refractivity contribution in [2.45, 2.75) is 31.2 Å². The minimum Gasteiger partial charge on any atom is -0.462 e. The summed E-state index contributed by atoms with van der Waals surface area (Å²) in [6.07, 6.45) is 0.653. The van der Waals surface area contributed by atoms with Gasteiger partial charge in [0.25, 0.3) is 0 Å². The Morgan fingerprint density at radius 2 is 2.12 bits per heavy atom. The van der Waals surface area contributed by atoms with E-state index in [1.54, 1.807) is 6.92 Å². The maximum absolute atomic E-state index is 13.7. The molecule has 2 rings (SSSR count). The zero-order valence-corrected chi connectivity index (χ0v) is 15.2. The summed E-state index contributed by atoms with van der Waals surface area (Å²) in [6.45, 7) is 5.12. The number of ether oxygens (including phenoxy) is 1. The highest BCUT2D eigenvalue weighted by molar-refractivity contribution is 7.89. The average molecular weight is 381 g/mol. The van der Waals surface area contributed by atoms with Crippen LogP contribution in [0.15, 0.2) is 23.1 Å². The normalized spacial score (nSPS) is 21.0. The van der Waals surface area contributed by atoms with E-state index in [-0.39, 0.29) is 41.4 Å². The monoisotopic (exact) mass is 380 g/mol. The first-order chi connectivity index (χ1) is 10.8. The molecule has 6 nitrogen and oxygen atoms in total.